The molecule has 1 saturated heterocycles. The van der Waals surface area contributed by atoms with Crippen molar-refractivity contribution in [2.75, 3.05) is 31.6 Å². The molecule has 2 amide bonds. The number of aliphatic hydroxyl groups is 2. The van der Waals surface area contributed by atoms with Crippen molar-refractivity contribution in [1.29, 1.82) is 0 Å². The summed E-state index contributed by atoms with van der Waals surface area (Å²) in [5.41, 5.74) is 10.9. The Hall–Kier alpha value is -4.16. The average Bonchev–Trinajstić information content (AvgIpc) is 3.18. The van der Waals surface area contributed by atoms with Gasteiger partial charge in [0, 0.05) is 42.9 Å². The van der Waals surface area contributed by atoms with Crippen LogP contribution in [0.3, 0.4) is 0 Å². The molecule has 2 atom stereocenters. The summed E-state index contributed by atoms with van der Waals surface area (Å²) >= 11 is 0. The minimum atomic E-state index is -1.20. The number of fused-ring (bicyclic) bond motifs is 2. The highest BCUT2D eigenvalue weighted by Gasteiger charge is 2.25. The maximum absolute atomic E-state index is 14.1. The Morgan fingerprint density at radius 3 is 2.50 bits per heavy atom. The number of benzene rings is 2. The summed E-state index contributed by atoms with van der Waals surface area (Å²) < 4.78 is 19.5. The molecule has 0 saturated carbocycles. The molecule has 10 nitrogen and oxygen atoms in total. The predicted molar refractivity (Wildman–Crippen MR) is 173 cm³/mol. The van der Waals surface area contributed by atoms with Gasteiger partial charge < -0.3 is 25.4 Å². The number of carbonyl (C=O) groups excluding carboxylic acids is 1. The number of amides is 2. The van der Waals surface area contributed by atoms with E-state index in [2.05, 4.69) is 10.7 Å². The van der Waals surface area contributed by atoms with Crippen LogP contribution in [-0.2, 0) is 28.8 Å². The van der Waals surface area contributed by atoms with Gasteiger partial charge in [-0.15, -0.1) is 0 Å². The summed E-state index contributed by atoms with van der Waals surface area (Å²) in [6, 6.07) is 11.9. The second-order valence-electron chi connectivity index (χ2n) is 12.1. The number of ether oxygens (including phenoxy) is 1. The average molecular weight is 633 g/mol. The van der Waals surface area contributed by atoms with Gasteiger partial charge in [0.25, 0.3) is 0 Å². The molecule has 1 aliphatic carbocycles. The zero-order chi connectivity index (χ0) is 32.8. The molecule has 5 N–H and O–H groups in total. The van der Waals surface area contributed by atoms with Crippen LogP contribution in [0.5, 0.6) is 0 Å². The second-order valence-corrected chi connectivity index (χ2v) is 12.1. The number of hydrazine groups is 1. The maximum atomic E-state index is 14.1. The van der Waals surface area contributed by atoms with E-state index in [0.717, 1.165) is 51.2 Å². The van der Waals surface area contributed by atoms with Gasteiger partial charge in [-0.1, -0.05) is 44.2 Å². The first kappa shape index (κ1) is 33.2. The Balaban J connectivity index is 1.52. The van der Waals surface area contributed by atoms with Gasteiger partial charge in [0.15, 0.2) is 0 Å². The van der Waals surface area contributed by atoms with Gasteiger partial charge in [0.2, 0.25) is 0 Å². The lowest BCUT2D eigenvalue weighted by atomic mass is 9.86. The number of anilines is 1. The number of hydrogen-bond donors (Lipinski definition) is 5. The van der Waals surface area contributed by atoms with Gasteiger partial charge in [-0.25, -0.2) is 14.2 Å². The lowest BCUT2D eigenvalue weighted by Gasteiger charge is -2.27. The number of aromatic nitrogens is 1. The predicted octanol–water partition coefficient (Wildman–Crippen LogP) is 4.67. The Kier molecular flexibility index (Phi) is 10.8. The lowest BCUT2D eigenvalue weighted by molar-refractivity contribution is -0.139. The zero-order valence-corrected chi connectivity index (χ0v) is 26.1. The van der Waals surface area contributed by atoms with Crippen molar-refractivity contribution in [2.24, 2.45) is 0 Å². The van der Waals surface area contributed by atoms with E-state index in [1.807, 2.05) is 37.1 Å². The number of morpholine rings is 1. The summed E-state index contributed by atoms with van der Waals surface area (Å²) in [6.45, 7) is 6.43. The molecule has 0 bridgehead atoms. The molecule has 46 heavy (non-hydrogen) atoms. The molecule has 1 aliphatic heterocycles. The minimum Gasteiger partial charge on any atom is -0.481 e. The van der Waals surface area contributed by atoms with Gasteiger partial charge in [-0.3, -0.25) is 15.2 Å². The fraction of sp³-hybridized carbons (Fsp3) is 0.400. The van der Waals surface area contributed by atoms with E-state index < -0.39 is 24.6 Å². The third-order valence-corrected chi connectivity index (χ3v) is 8.27. The molecule has 5 rings (SSSR count). The number of nitrogens with one attached hydrogen (secondary N) is 2. The molecule has 244 valence electrons. The van der Waals surface area contributed by atoms with Crippen molar-refractivity contribution in [3.63, 3.8) is 0 Å². The van der Waals surface area contributed by atoms with E-state index >= 15 is 0 Å². The Morgan fingerprint density at radius 1 is 1.07 bits per heavy atom. The number of pyridine rings is 1. The number of carbonyl (C=O) groups is 2. The Labute approximate surface area is 267 Å². The van der Waals surface area contributed by atoms with Crippen LogP contribution in [0, 0.1) is 5.82 Å². The van der Waals surface area contributed by atoms with Crippen LogP contribution >= 0.6 is 0 Å². The maximum Gasteiger partial charge on any atom is 0.333 e. The van der Waals surface area contributed by atoms with Gasteiger partial charge in [-0.2, -0.15) is 0 Å². The molecule has 1 aromatic heterocycles. The van der Waals surface area contributed by atoms with Gasteiger partial charge in [0.1, 0.15) is 5.82 Å². The first-order chi connectivity index (χ1) is 22.1. The van der Waals surface area contributed by atoms with E-state index in [9.17, 15) is 24.2 Å². The summed E-state index contributed by atoms with van der Waals surface area (Å²) in [6.07, 6.45) is 2.41. The van der Waals surface area contributed by atoms with Crippen molar-refractivity contribution in [3.8, 4) is 11.1 Å². The quantitative estimate of drug-likeness (QED) is 0.217. The third-order valence-electron chi connectivity index (χ3n) is 8.27. The fourth-order valence-electron chi connectivity index (χ4n) is 6.04. The number of carboxylic acid groups (broad SMARTS) is 1. The first-order valence-corrected chi connectivity index (χ1v) is 15.7. The van der Waals surface area contributed by atoms with Crippen LogP contribution < -0.4 is 10.7 Å². The van der Waals surface area contributed by atoms with Crippen LogP contribution in [0.25, 0.3) is 17.2 Å². The van der Waals surface area contributed by atoms with Crippen LogP contribution in [0.15, 0.2) is 48.5 Å². The van der Waals surface area contributed by atoms with E-state index in [1.165, 1.54) is 12.1 Å². The normalized spacial score (nSPS) is 16.4. The van der Waals surface area contributed by atoms with Gasteiger partial charge >= 0.3 is 12.0 Å². The first-order valence-electron chi connectivity index (χ1n) is 15.7. The summed E-state index contributed by atoms with van der Waals surface area (Å²) in [5.74, 6) is -1.48. The summed E-state index contributed by atoms with van der Waals surface area (Å²) in [7, 11) is 0. The second kappa shape index (κ2) is 15.0. The number of nitrogens with zero attached hydrogens (tertiary/aromatic N) is 2. The number of carboxylic acids is 1. The standard InChI is InChI=1S/C35H41FN4O6/c1-21(2)34-29(11-10-27(41)19-28(42)20-32(43)44)33(23-3-7-25(36)8-4-23)30-18-24-17-26(9-5-22(24)6-12-31(30)38-34)37-35(45)39-40-13-15-46-16-14-40/h3-5,7-11,17,21,27-28,41-42H,6,12-16,18-20H2,1-2H3,(H,43,44)(H2,37,39,45)/b11-10+/t27-,28-/m1/s1. The number of halogens is 1. The number of rotatable bonds is 10. The van der Waals surface area contributed by atoms with E-state index in [1.54, 1.807) is 24.3 Å². The van der Waals surface area contributed by atoms with Crippen molar-refractivity contribution < 1.29 is 34.0 Å². The Bertz CT molecular complexity index is 1590. The number of hydrogen-bond acceptors (Lipinski definition) is 7. The highest BCUT2D eigenvalue weighted by Crippen LogP contribution is 2.39. The van der Waals surface area contributed by atoms with Crippen molar-refractivity contribution in [2.45, 2.75) is 64.1 Å². The van der Waals surface area contributed by atoms with Crippen molar-refractivity contribution in [3.05, 3.63) is 88.0 Å². The molecule has 1 fully saturated rings. The number of urea groups is 1. The van der Waals surface area contributed by atoms with Gasteiger partial charge in [0.05, 0.1) is 37.5 Å². The molecule has 0 radical (unpaired) electrons. The number of aryl methyl sites for hydroxylation is 2. The smallest absolute Gasteiger partial charge is 0.333 e. The molecule has 11 heteroatoms. The van der Waals surface area contributed by atoms with E-state index in [4.69, 9.17) is 14.8 Å². The minimum absolute atomic E-state index is 0.0188. The summed E-state index contributed by atoms with van der Waals surface area (Å²) in [5, 5.41) is 34.5. The summed E-state index contributed by atoms with van der Waals surface area (Å²) in [4.78, 5) is 28.9. The number of aliphatic hydroxyl groups excluding tert-OH is 2. The van der Waals surface area contributed by atoms with E-state index in [-0.39, 0.29) is 24.2 Å². The van der Waals surface area contributed by atoms with Crippen LogP contribution in [0.4, 0.5) is 14.9 Å². The SMILES string of the molecule is CC(C)c1nc2c(c(-c3ccc(F)cc3)c1/C=C/[C@@H](O)C[C@@H](O)CC(=O)O)Cc1cc(NC(=O)NN3CCOCC3)ccc1CC2. The monoisotopic (exact) mass is 632 g/mol. The molecule has 0 spiro atoms. The Morgan fingerprint density at radius 2 is 1.80 bits per heavy atom. The zero-order valence-electron chi connectivity index (χ0n) is 26.1. The lowest BCUT2D eigenvalue weighted by Crippen LogP contribution is -2.49. The molecule has 2 aromatic carbocycles. The number of aliphatic carboxylic acids is 1. The largest absolute Gasteiger partial charge is 0.481 e. The van der Waals surface area contributed by atoms with Crippen LogP contribution in [0.1, 0.15) is 66.2 Å². The molecular formula is C35H41FN4O6. The van der Waals surface area contributed by atoms with E-state index in [0.29, 0.717) is 44.8 Å². The van der Waals surface area contributed by atoms with Crippen LogP contribution in [-0.4, -0.2) is 75.8 Å². The fourth-order valence-corrected chi connectivity index (χ4v) is 6.04. The molecular weight excluding hydrogens is 591 g/mol. The third kappa shape index (κ3) is 8.35. The van der Waals surface area contributed by atoms with Crippen molar-refractivity contribution in [1.82, 2.24) is 15.4 Å². The van der Waals surface area contributed by atoms with Crippen molar-refractivity contribution >= 4 is 23.8 Å². The highest BCUT2D eigenvalue weighted by molar-refractivity contribution is 5.89. The molecule has 0 unspecified atom stereocenters. The molecule has 2 aliphatic rings. The molecule has 2 heterocycles. The highest BCUT2D eigenvalue weighted by atomic mass is 19.1. The molecule has 3 aromatic rings. The van der Waals surface area contributed by atoms with Crippen LogP contribution in [0.2, 0.25) is 0 Å². The topological polar surface area (TPSA) is 144 Å². The van der Waals surface area contributed by atoms with Gasteiger partial charge in [-0.05, 0) is 70.8 Å².